The Bertz CT molecular complexity index is 363. The lowest BCUT2D eigenvalue weighted by Gasteiger charge is -2.26. The predicted molar refractivity (Wildman–Crippen MR) is 63.4 cm³/mol. The molecule has 1 atom stereocenters. The monoisotopic (exact) mass is 206 g/mol. The normalized spacial score (nSPS) is 18.9. The predicted octanol–water partition coefficient (Wildman–Crippen LogP) is 2.41. The van der Waals surface area contributed by atoms with Crippen LogP contribution in [0.25, 0.3) is 0 Å². The number of hydrogen-bond acceptors (Lipinski definition) is 3. The van der Waals surface area contributed by atoms with Crippen molar-refractivity contribution in [3.05, 3.63) is 17.7 Å². The van der Waals surface area contributed by atoms with E-state index < -0.39 is 0 Å². The number of rotatable bonds is 2. The second-order valence-corrected chi connectivity index (χ2v) is 4.17. The van der Waals surface area contributed by atoms with E-state index in [-0.39, 0.29) is 0 Å². The highest BCUT2D eigenvalue weighted by atomic mass is 16.5. The molecule has 0 aromatic heterocycles. The highest BCUT2D eigenvalue weighted by molar-refractivity contribution is 5.72. The number of fused-ring (bicyclic) bond motifs is 1. The molecule has 3 heteroatoms. The Morgan fingerprint density at radius 1 is 1.53 bits per heavy atom. The van der Waals surface area contributed by atoms with Crippen LogP contribution in [0.5, 0.6) is 5.75 Å². The van der Waals surface area contributed by atoms with Crippen LogP contribution in [-0.4, -0.2) is 12.6 Å². The van der Waals surface area contributed by atoms with Gasteiger partial charge in [0.05, 0.1) is 17.4 Å². The zero-order valence-electron chi connectivity index (χ0n) is 9.34. The van der Waals surface area contributed by atoms with Crippen LogP contribution >= 0.6 is 0 Å². The molecule has 0 aliphatic carbocycles. The molecule has 1 aliphatic heterocycles. The molecule has 0 bridgehead atoms. The molecule has 0 amide bonds. The van der Waals surface area contributed by atoms with Crippen LogP contribution in [0.3, 0.4) is 0 Å². The largest absolute Gasteiger partial charge is 0.487 e. The minimum atomic E-state index is 0.355. The van der Waals surface area contributed by atoms with Gasteiger partial charge in [0.1, 0.15) is 6.61 Å². The molecule has 1 aliphatic rings. The highest BCUT2D eigenvalue weighted by Gasteiger charge is 2.18. The zero-order chi connectivity index (χ0) is 10.8. The van der Waals surface area contributed by atoms with Crippen LogP contribution < -0.4 is 15.8 Å². The van der Waals surface area contributed by atoms with Crippen LogP contribution in [0.2, 0.25) is 0 Å². The Kier molecular flexibility index (Phi) is 2.71. The maximum absolute atomic E-state index is 5.95. The van der Waals surface area contributed by atoms with Gasteiger partial charge in [0.25, 0.3) is 0 Å². The Balaban J connectivity index is 2.35. The molecule has 0 radical (unpaired) electrons. The van der Waals surface area contributed by atoms with E-state index >= 15 is 0 Å². The molecule has 3 nitrogen and oxygen atoms in total. The van der Waals surface area contributed by atoms with Crippen molar-refractivity contribution in [2.45, 2.75) is 32.7 Å². The van der Waals surface area contributed by atoms with Crippen molar-refractivity contribution in [2.24, 2.45) is 0 Å². The third-order valence-electron chi connectivity index (χ3n) is 2.60. The first-order valence-corrected chi connectivity index (χ1v) is 5.52. The van der Waals surface area contributed by atoms with Gasteiger partial charge in [0.15, 0.2) is 5.75 Å². The summed E-state index contributed by atoms with van der Waals surface area (Å²) in [4.78, 5) is 0. The fourth-order valence-electron chi connectivity index (χ4n) is 1.93. The minimum Gasteiger partial charge on any atom is -0.487 e. The molecule has 0 fully saturated rings. The molecule has 1 aromatic carbocycles. The first-order valence-electron chi connectivity index (χ1n) is 5.52. The molecule has 1 unspecified atom stereocenters. The first kappa shape index (κ1) is 10.1. The molecular weight excluding hydrogens is 188 g/mol. The van der Waals surface area contributed by atoms with Gasteiger partial charge in [-0.25, -0.2) is 0 Å². The lowest BCUT2D eigenvalue weighted by Crippen LogP contribution is -2.28. The summed E-state index contributed by atoms with van der Waals surface area (Å²) in [6.45, 7) is 4.96. The van der Waals surface area contributed by atoms with Crippen LogP contribution in [0.1, 0.15) is 25.8 Å². The summed E-state index contributed by atoms with van der Waals surface area (Å²) in [5.74, 6) is 0.813. The summed E-state index contributed by atoms with van der Waals surface area (Å²) in [6, 6.07) is 4.51. The number of benzene rings is 1. The summed E-state index contributed by atoms with van der Waals surface area (Å²) in [6.07, 6.45) is 2.20. The smallest absolute Gasteiger partial charge is 0.165 e. The van der Waals surface area contributed by atoms with E-state index in [0.29, 0.717) is 12.6 Å². The van der Waals surface area contributed by atoms with Crippen molar-refractivity contribution >= 4 is 11.4 Å². The van der Waals surface area contributed by atoms with Crippen LogP contribution in [0.15, 0.2) is 12.1 Å². The molecule has 0 saturated heterocycles. The number of aryl methyl sites for hydroxylation is 1. The van der Waals surface area contributed by atoms with Gasteiger partial charge in [-0.1, -0.05) is 13.3 Å². The van der Waals surface area contributed by atoms with E-state index in [1.54, 1.807) is 0 Å². The molecule has 0 saturated carbocycles. The van der Waals surface area contributed by atoms with Crippen molar-refractivity contribution in [3.63, 3.8) is 0 Å². The lowest BCUT2D eigenvalue weighted by molar-refractivity contribution is 0.293. The minimum absolute atomic E-state index is 0.355. The highest BCUT2D eigenvalue weighted by Crippen LogP contribution is 2.36. The first-order chi connectivity index (χ1) is 7.20. The second kappa shape index (κ2) is 4.01. The molecule has 15 heavy (non-hydrogen) atoms. The summed E-state index contributed by atoms with van der Waals surface area (Å²) in [5.41, 5.74) is 9.01. The number of hydrogen-bond donors (Lipinski definition) is 2. The molecule has 3 N–H and O–H groups in total. The van der Waals surface area contributed by atoms with Crippen LogP contribution in [0, 0.1) is 0 Å². The third kappa shape index (κ3) is 2.01. The van der Waals surface area contributed by atoms with Crippen molar-refractivity contribution in [1.29, 1.82) is 0 Å². The maximum atomic E-state index is 5.95. The average Bonchev–Trinajstić information content (AvgIpc) is 2.17. The van der Waals surface area contributed by atoms with Gasteiger partial charge >= 0.3 is 0 Å². The topological polar surface area (TPSA) is 47.3 Å². The molecule has 82 valence electrons. The number of nitrogens with two attached hydrogens (primary N) is 1. The fourth-order valence-corrected chi connectivity index (χ4v) is 1.93. The van der Waals surface area contributed by atoms with Gasteiger partial charge in [0.2, 0.25) is 0 Å². The van der Waals surface area contributed by atoms with Crippen molar-refractivity contribution in [1.82, 2.24) is 0 Å². The lowest BCUT2D eigenvalue weighted by atomic mass is 10.1. The maximum Gasteiger partial charge on any atom is 0.165 e. The number of nitrogens with one attached hydrogen (secondary N) is 1. The van der Waals surface area contributed by atoms with E-state index in [0.717, 1.165) is 30.0 Å². The summed E-state index contributed by atoms with van der Waals surface area (Å²) >= 11 is 0. The summed E-state index contributed by atoms with van der Waals surface area (Å²) in [5, 5.41) is 3.39. The van der Waals surface area contributed by atoms with Crippen LogP contribution in [0.4, 0.5) is 11.4 Å². The standard InChI is InChI=1S/C12H18N2O/c1-3-4-9-5-10(13)12-11(6-9)14-8(2)7-15-12/h5-6,8,14H,3-4,7,13H2,1-2H3. The van der Waals surface area contributed by atoms with E-state index in [4.69, 9.17) is 10.5 Å². The molecule has 2 rings (SSSR count). The Labute approximate surface area is 90.6 Å². The van der Waals surface area contributed by atoms with Gasteiger partial charge < -0.3 is 15.8 Å². The van der Waals surface area contributed by atoms with Gasteiger partial charge in [-0.3, -0.25) is 0 Å². The fraction of sp³-hybridized carbons (Fsp3) is 0.500. The van der Waals surface area contributed by atoms with Crippen molar-refractivity contribution < 1.29 is 4.74 Å². The number of anilines is 2. The van der Waals surface area contributed by atoms with Gasteiger partial charge in [0, 0.05) is 0 Å². The summed E-state index contributed by atoms with van der Waals surface area (Å²) in [7, 11) is 0. The van der Waals surface area contributed by atoms with E-state index in [1.807, 2.05) is 6.07 Å². The van der Waals surface area contributed by atoms with E-state index in [1.165, 1.54) is 5.56 Å². The molecule has 1 heterocycles. The average molecular weight is 206 g/mol. The van der Waals surface area contributed by atoms with Gasteiger partial charge in [-0.15, -0.1) is 0 Å². The molecule has 1 aromatic rings. The number of nitrogen functional groups attached to an aromatic ring is 1. The quantitative estimate of drug-likeness (QED) is 0.730. The summed E-state index contributed by atoms with van der Waals surface area (Å²) < 4.78 is 5.61. The Morgan fingerprint density at radius 2 is 2.33 bits per heavy atom. The number of ether oxygens (including phenoxy) is 1. The van der Waals surface area contributed by atoms with Crippen LogP contribution in [-0.2, 0) is 6.42 Å². The van der Waals surface area contributed by atoms with Crippen molar-refractivity contribution in [3.8, 4) is 5.75 Å². The SMILES string of the molecule is CCCc1cc(N)c2c(c1)NC(C)CO2. The van der Waals surface area contributed by atoms with E-state index in [2.05, 4.69) is 25.2 Å². The Morgan fingerprint density at radius 3 is 3.07 bits per heavy atom. The third-order valence-corrected chi connectivity index (χ3v) is 2.60. The van der Waals surface area contributed by atoms with E-state index in [9.17, 15) is 0 Å². The second-order valence-electron chi connectivity index (χ2n) is 4.17. The molecular formula is C12H18N2O. The van der Waals surface area contributed by atoms with Gasteiger partial charge in [-0.05, 0) is 31.0 Å². The Hall–Kier alpha value is -1.38. The zero-order valence-corrected chi connectivity index (χ0v) is 9.34. The molecule has 0 spiro atoms. The van der Waals surface area contributed by atoms with Crippen molar-refractivity contribution in [2.75, 3.05) is 17.7 Å². The van der Waals surface area contributed by atoms with Gasteiger partial charge in [-0.2, -0.15) is 0 Å².